The van der Waals surface area contributed by atoms with Crippen LogP contribution in [0.2, 0.25) is 0 Å². The van der Waals surface area contributed by atoms with E-state index in [0.29, 0.717) is 19.0 Å². The van der Waals surface area contributed by atoms with Crippen LogP contribution in [-0.2, 0) is 14.3 Å². The number of aliphatic hydroxyl groups is 1. The van der Waals surface area contributed by atoms with Crippen LogP contribution in [0.4, 0.5) is 0 Å². The summed E-state index contributed by atoms with van der Waals surface area (Å²) >= 11 is 0. The molecule has 1 N–H and O–H groups in total. The second-order valence-corrected chi connectivity index (χ2v) is 6.20. The zero-order valence-electron chi connectivity index (χ0n) is 10.7. The van der Waals surface area contributed by atoms with Crippen molar-refractivity contribution in [2.45, 2.75) is 27.2 Å². The van der Waals surface area contributed by atoms with E-state index in [0.717, 1.165) is 5.75 Å². The maximum atomic E-state index is 11.8. The maximum Gasteiger partial charge on any atom is 0.316 e. The Morgan fingerprint density at radius 2 is 2.00 bits per heavy atom. The molecule has 0 bridgehead atoms. The number of carbonyl (C=O) groups is 1. The SMILES string of the molecule is CCOC(=O)C(CC)(CO)COCSSCC. The molecule has 0 aromatic heterocycles. The first-order chi connectivity index (χ1) is 8.16. The molecule has 0 aliphatic carbocycles. The topological polar surface area (TPSA) is 55.8 Å². The lowest BCUT2D eigenvalue weighted by Crippen LogP contribution is -2.40. The molecule has 1 unspecified atom stereocenters. The third-order valence-corrected chi connectivity index (χ3v) is 4.56. The molecule has 1 atom stereocenters. The molecular weight excluding hydrogens is 260 g/mol. The van der Waals surface area contributed by atoms with Crippen molar-refractivity contribution >= 4 is 27.6 Å². The molecule has 0 saturated heterocycles. The minimum Gasteiger partial charge on any atom is -0.465 e. The molecule has 0 rings (SSSR count). The predicted molar refractivity (Wildman–Crippen MR) is 73.0 cm³/mol. The van der Waals surface area contributed by atoms with Gasteiger partial charge in [0.1, 0.15) is 11.4 Å². The molecule has 0 saturated carbocycles. The highest BCUT2D eigenvalue weighted by Crippen LogP contribution is 2.26. The summed E-state index contributed by atoms with van der Waals surface area (Å²) in [6.07, 6.45) is 0.508. The van der Waals surface area contributed by atoms with Crippen LogP contribution >= 0.6 is 21.6 Å². The van der Waals surface area contributed by atoms with E-state index in [2.05, 4.69) is 6.92 Å². The van der Waals surface area contributed by atoms with Gasteiger partial charge in [-0.2, -0.15) is 0 Å². The third-order valence-electron chi connectivity index (χ3n) is 2.40. The molecule has 102 valence electrons. The van der Waals surface area contributed by atoms with Crippen molar-refractivity contribution in [3.05, 3.63) is 0 Å². The number of esters is 1. The lowest BCUT2D eigenvalue weighted by molar-refractivity contribution is -0.162. The van der Waals surface area contributed by atoms with Gasteiger partial charge in [0.15, 0.2) is 0 Å². The Bertz CT molecular complexity index is 208. The van der Waals surface area contributed by atoms with Crippen molar-refractivity contribution in [2.24, 2.45) is 5.41 Å². The van der Waals surface area contributed by atoms with Gasteiger partial charge >= 0.3 is 5.97 Å². The molecule has 0 fully saturated rings. The van der Waals surface area contributed by atoms with E-state index in [-0.39, 0.29) is 19.2 Å². The monoisotopic (exact) mass is 282 g/mol. The van der Waals surface area contributed by atoms with Gasteiger partial charge in [0.2, 0.25) is 0 Å². The first kappa shape index (κ1) is 17.1. The minimum absolute atomic E-state index is 0.204. The summed E-state index contributed by atoms with van der Waals surface area (Å²) in [5, 5.41) is 9.38. The van der Waals surface area contributed by atoms with Crippen LogP contribution in [0.15, 0.2) is 0 Å². The lowest BCUT2D eigenvalue weighted by atomic mass is 9.87. The normalized spacial score (nSPS) is 14.4. The Balaban J connectivity index is 4.16. The van der Waals surface area contributed by atoms with E-state index >= 15 is 0 Å². The summed E-state index contributed by atoms with van der Waals surface area (Å²) in [6, 6.07) is 0. The Kier molecular flexibility index (Phi) is 10.1. The summed E-state index contributed by atoms with van der Waals surface area (Å²) in [7, 11) is 3.31. The Hall–Kier alpha value is 0.0900. The maximum absolute atomic E-state index is 11.8. The van der Waals surface area contributed by atoms with Crippen LogP contribution in [0.5, 0.6) is 0 Å². The predicted octanol–water partition coefficient (Wildman–Crippen LogP) is 2.31. The quantitative estimate of drug-likeness (QED) is 0.287. The highest BCUT2D eigenvalue weighted by Gasteiger charge is 2.38. The Morgan fingerprint density at radius 1 is 1.29 bits per heavy atom. The van der Waals surface area contributed by atoms with E-state index < -0.39 is 5.41 Å². The molecule has 0 aliphatic rings. The number of ether oxygens (including phenoxy) is 2. The smallest absolute Gasteiger partial charge is 0.316 e. The van der Waals surface area contributed by atoms with Crippen LogP contribution in [0, 0.1) is 5.41 Å². The molecule has 0 spiro atoms. The van der Waals surface area contributed by atoms with Crippen LogP contribution in [0.1, 0.15) is 27.2 Å². The molecule has 17 heavy (non-hydrogen) atoms. The van der Waals surface area contributed by atoms with Crippen molar-refractivity contribution < 1.29 is 19.4 Å². The van der Waals surface area contributed by atoms with E-state index in [4.69, 9.17) is 9.47 Å². The first-order valence-electron chi connectivity index (χ1n) is 5.77. The number of carbonyl (C=O) groups excluding carboxylic acids is 1. The van der Waals surface area contributed by atoms with Gasteiger partial charge in [0.05, 0.1) is 19.8 Å². The zero-order chi connectivity index (χ0) is 13.1. The van der Waals surface area contributed by atoms with E-state index in [1.54, 1.807) is 28.5 Å². The molecular formula is C11H22O4S2. The van der Waals surface area contributed by atoms with Crippen molar-refractivity contribution in [1.29, 1.82) is 0 Å². The standard InChI is InChI=1S/C11H22O4S2/c1-4-11(7-12,10(13)15-5-2)8-14-9-17-16-6-3/h12H,4-9H2,1-3H3. The van der Waals surface area contributed by atoms with Gasteiger partial charge in [-0.25, -0.2) is 0 Å². The second-order valence-electron chi connectivity index (χ2n) is 3.50. The minimum atomic E-state index is -0.909. The van der Waals surface area contributed by atoms with Crippen LogP contribution < -0.4 is 0 Å². The van der Waals surface area contributed by atoms with Crippen LogP contribution in [0.25, 0.3) is 0 Å². The Labute approximate surface area is 111 Å². The molecule has 0 radical (unpaired) electrons. The summed E-state index contributed by atoms with van der Waals surface area (Å²) in [6.45, 7) is 5.96. The largest absolute Gasteiger partial charge is 0.465 e. The van der Waals surface area contributed by atoms with Gasteiger partial charge in [0, 0.05) is 5.75 Å². The summed E-state index contributed by atoms with van der Waals surface area (Å²) in [5.74, 6) is 1.16. The average Bonchev–Trinajstić information content (AvgIpc) is 2.34. The second kappa shape index (κ2) is 10.1. The fourth-order valence-electron chi connectivity index (χ4n) is 1.20. The van der Waals surface area contributed by atoms with Gasteiger partial charge in [-0.3, -0.25) is 4.79 Å². The van der Waals surface area contributed by atoms with Gasteiger partial charge in [0.25, 0.3) is 0 Å². The third kappa shape index (κ3) is 5.99. The van der Waals surface area contributed by atoms with Crippen molar-refractivity contribution in [3.8, 4) is 0 Å². The van der Waals surface area contributed by atoms with E-state index in [9.17, 15) is 9.90 Å². The van der Waals surface area contributed by atoms with Gasteiger partial charge in [-0.15, -0.1) is 0 Å². The number of hydrogen-bond acceptors (Lipinski definition) is 6. The number of rotatable bonds is 10. The molecule has 0 aliphatic heterocycles. The number of hydrogen-bond donors (Lipinski definition) is 1. The van der Waals surface area contributed by atoms with E-state index in [1.165, 1.54) is 0 Å². The van der Waals surface area contributed by atoms with Crippen molar-refractivity contribution in [3.63, 3.8) is 0 Å². The van der Waals surface area contributed by atoms with Crippen molar-refractivity contribution in [1.82, 2.24) is 0 Å². The molecule has 0 heterocycles. The average molecular weight is 282 g/mol. The molecule has 6 heteroatoms. The Morgan fingerprint density at radius 3 is 2.47 bits per heavy atom. The zero-order valence-corrected chi connectivity index (χ0v) is 12.4. The fraction of sp³-hybridized carbons (Fsp3) is 0.909. The molecule has 0 amide bonds. The molecule has 0 aromatic carbocycles. The van der Waals surface area contributed by atoms with Gasteiger partial charge in [-0.1, -0.05) is 35.4 Å². The van der Waals surface area contributed by atoms with Gasteiger partial charge < -0.3 is 14.6 Å². The number of aliphatic hydroxyl groups excluding tert-OH is 1. The first-order valence-corrected chi connectivity index (χ1v) is 8.25. The van der Waals surface area contributed by atoms with Crippen LogP contribution in [-0.4, -0.2) is 42.6 Å². The van der Waals surface area contributed by atoms with Gasteiger partial charge in [-0.05, 0) is 13.3 Å². The molecule has 0 aromatic rings. The van der Waals surface area contributed by atoms with E-state index in [1.807, 2.05) is 6.92 Å². The van der Waals surface area contributed by atoms with Crippen molar-refractivity contribution in [2.75, 3.05) is 31.5 Å². The lowest BCUT2D eigenvalue weighted by Gasteiger charge is -2.27. The summed E-state index contributed by atoms with van der Waals surface area (Å²) in [4.78, 5) is 11.8. The molecule has 4 nitrogen and oxygen atoms in total. The highest BCUT2D eigenvalue weighted by molar-refractivity contribution is 8.76. The van der Waals surface area contributed by atoms with Crippen LogP contribution in [0.3, 0.4) is 0 Å². The summed E-state index contributed by atoms with van der Waals surface area (Å²) in [5.41, 5.74) is -0.909. The fourth-order valence-corrected chi connectivity index (χ4v) is 2.49. The highest BCUT2D eigenvalue weighted by atomic mass is 33.1. The summed E-state index contributed by atoms with van der Waals surface area (Å²) < 4.78 is 10.4.